The molecule has 0 unspecified atom stereocenters. The number of anilines is 1. The summed E-state index contributed by atoms with van der Waals surface area (Å²) < 4.78 is 0. The summed E-state index contributed by atoms with van der Waals surface area (Å²) in [6, 6.07) is 1.79. The monoisotopic (exact) mass is 193 g/mol. The Bertz CT molecular complexity index is 316. The van der Waals surface area contributed by atoms with Gasteiger partial charge in [-0.3, -0.25) is 4.79 Å². The largest absolute Gasteiger partial charge is 0.383 e. The van der Waals surface area contributed by atoms with Crippen molar-refractivity contribution in [2.24, 2.45) is 0 Å². The molecule has 0 amide bonds. The molecule has 0 aliphatic carbocycles. The van der Waals surface area contributed by atoms with Gasteiger partial charge in [0.1, 0.15) is 5.82 Å². The molecule has 0 spiro atoms. The molecular weight excluding hydrogens is 178 g/mol. The van der Waals surface area contributed by atoms with E-state index >= 15 is 0 Å². The van der Waals surface area contributed by atoms with Gasteiger partial charge in [0.25, 0.3) is 0 Å². The van der Waals surface area contributed by atoms with Gasteiger partial charge in [-0.1, -0.05) is 6.92 Å². The number of rotatable bonds is 4. The molecule has 0 bridgehead atoms. The lowest BCUT2D eigenvalue weighted by atomic mass is 10.1. The highest BCUT2D eigenvalue weighted by Gasteiger charge is 2.12. The smallest absolute Gasteiger partial charge is 0.180 e. The normalized spacial score (nSPS) is 10.1. The number of aromatic nitrogens is 1. The van der Waals surface area contributed by atoms with Gasteiger partial charge in [-0.2, -0.15) is 0 Å². The van der Waals surface area contributed by atoms with Gasteiger partial charge in [0.15, 0.2) is 5.78 Å². The number of nitrogens with two attached hydrogens (primary N) is 1. The van der Waals surface area contributed by atoms with Crippen molar-refractivity contribution in [2.45, 2.75) is 13.8 Å². The van der Waals surface area contributed by atoms with Gasteiger partial charge in [-0.15, -0.1) is 0 Å². The average molecular weight is 193 g/mol. The summed E-state index contributed by atoms with van der Waals surface area (Å²) in [5, 5.41) is 2.97. The molecule has 0 aliphatic rings. The molecule has 0 fully saturated rings. The first kappa shape index (κ1) is 10.7. The Morgan fingerprint density at radius 1 is 1.64 bits per heavy atom. The van der Waals surface area contributed by atoms with E-state index in [0.717, 1.165) is 12.1 Å². The summed E-state index contributed by atoms with van der Waals surface area (Å²) in [7, 11) is 0. The molecule has 0 saturated carbocycles. The minimum absolute atomic E-state index is 0.00468. The number of hydrogen-bond acceptors (Lipinski definition) is 4. The number of carbonyl (C=O) groups is 1. The average Bonchev–Trinajstić information content (AvgIpc) is 2.14. The third kappa shape index (κ3) is 2.29. The van der Waals surface area contributed by atoms with Crippen LogP contribution in [0.15, 0.2) is 12.3 Å². The first-order chi connectivity index (χ1) is 6.66. The zero-order valence-electron chi connectivity index (χ0n) is 8.50. The summed E-state index contributed by atoms with van der Waals surface area (Å²) in [4.78, 5) is 15.6. The van der Waals surface area contributed by atoms with Crippen LogP contribution in [0.5, 0.6) is 0 Å². The van der Waals surface area contributed by atoms with Crippen LogP contribution in [-0.4, -0.2) is 23.9 Å². The van der Waals surface area contributed by atoms with Crippen LogP contribution >= 0.6 is 0 Å². The minimum atomic E-state index is -0.00468. The summed E-state index contributed by atoms with van der Waals surface area (Å²) in [5.74, 6) is 0.308. The molecule has 0 atom stereocenters. The zero-order valence-corrected chi connectivity index (χ0v) is 8.50. The number of ketones is 1. The number of likely N-dealkylation sites (N-methyl/N-ethyl adjacent to an activating group) is 1. The highest BCUT2D eigenvalue weighted by molar-refractivity contribution is 6.02. The van der Waals surface area contributed by atoms with Crippen LogP contribution in [0.4, 0.5) is 5.82 Å². The summed E-state index contributed by atoms with van der Waals surface area (Å²) >= 11 is 0. The summed E-state index contributed by atoms with van der Waals surface area (Å²) in [6.45, 7) is 4.89. The molecule has 4 heteroatoms. The number of Topliss-reactive ketones (excluding diaryl/α,β-unsaturated/α-hetero) is 1. The molecule has 0 aromatic carbocycles. The van der Waals surface area contributed by atoms with E-state index in [1.165, 1.54) is 0 Å². The Morgan fingerprint density at radius 3 is 2.93 bits per heavy atom. The lowest BCUT2D eigenvalue weighted by Crippen LogP contribution is -2.24. The van der Waals surface area contributed by atoms with Gasteiger partial charge in [0.05, 0.1) is 12.1 Å². The fraction of sp³-hybridized carbons (Fsp3) is 0.400. The first-order valence-electron chi connectivity index (χ1n) is 4.61. The number of pyridine rings is 1. The van der Waals surface area contributed by atoms with E-state index in [0.29, 0.717) is 17.9 Å². The number of nitrogens with zero attached hydrogens (tertiary/aromatic N) is 1. The summed E-state index contributed by atoms with van der Waals surface area (Å²) in [6.07, 6.45) is 1.61. The Kier molecular flexibility index (Phi) is 3.59. The van der Waals surface area contributed by atoms with Crippen LogP contribution in [0, 0.1) is 6.92 Å². The standard InChI is InChI=1S/C10H15N3O/c1-3-12-6-8(14)9-7(2)4-5-13-10(9)11/h4-5,12H,3,6H2,1-2H3,(H2,11,13). The molecule has 1 aromatic heterocycles. The topological polar surface area (TPSA) is 68.0 Å². The third-order valence-electron chi connectivity index (χ3n) is 2.00. The van der Waals surface area contributed by atoms with Gasteiger partial charge >= 0.3 is 0 Å². The third-order valence-corrected chi connectivity index (χ3v) is 2.00. The lowest BCUT2D eigenvalue weighted by molar-refractivity contribution is 0.0992. The first-order valence-corrected chi connectivity index (χ1v) is 4.61. The molecule has 76 valence electrons. The Hall–Kier alpha value is -1.42. The maximum absolute atomic E-state index is 11.7. The molecule has 0 aliphatic heterocycles. The molecule has 1 aromatic rings. The molecule has 1 heterocycles. The minimum Gasteiger partial charge on any atom is -0.383 e. The van der Waals surface area contributed by atoms with E-state index in [2.05, 4.69) is 10.3 Å². The second-order valence-electron chi connectivity index (χ2n) is 3.09. The van der Waals surface area contributed by atoms with Crippen LogP contribution in [0.25, 0.3) is 0 Å². The van der Waals surface area contributed by atoms with Gasteiger partial charge in [0.2, 0.25) is 0 Å². The molecule has 3 N–H and O–H groups in total. The quantitative estimate of drug-likeness (QED) is 0.693. The molecule has 0 saturated heterocycles. The van der Waals surface area contributed by atoms with Crippen molar-refractivity contribution in [1.29, 1.82) is 0 Å². The fourth-order valence-electron chi connectivity index (χ4n) is 1.27. The number of aryl methyl sites for hydroxylation is 1. The van der Waals surface area contributed by atoms with Crippen LogP contribution in [0.1, 0.15) is 22.8 Å². The van der Waals surface area contributed by atoms with Crippen LogP contribution in [-0.2, 0) is 0 Å². The van der Waals surface area contributed by atoms with Crippen LogP contribution in [0.2, 0.25) is 0 Å². The molecule has 1 rings (SSSR count). The predicted octanol–water partition coefficient (Wildman–Crippen LogP) is 0.764. The zero-order chi connectivity index (χ0) is 10.6. The predicted molar refractivity (Wildman–Crippen MR) is 56.3 cm³/mol. The second-order valence-corrected chi connectivity index (χ2v) is 3.09. The SMILES string of the molecule is CCNCC(=O)c1c(C)ccnc1N. The van der Waals surface area contributed by atoms with Crippen molar-refractivity contribution in [3.63, 3.8) is 0 Å². The van der Waals surface area contributed by atoms with E-state index < -0.39 is 0 Å². The number of carbonyl (C=O) groups excluding carboxylic acids is 1. The molecule has 0 radical (unpaired) electrons. The molecule has 4 nitrogen and oxygen atoms in total. The van der Waals surface area contributed by atoms with Crippen molar-refractivity contribution < 1.29 is 4.79 Å². The molecular formula is C10H15N3O. The van der Waals surface area contributed by atoms with Crippen molar-refractivity contribution in [3.8, 4) is 0 Å². The van der Waals surface area contributed by atoms with Crippen molar-refractivity contribution in [3.05, 3.63) is 23.4 Å². The molecule has 14 heavy (non-hydrogen) atoms. The van der Waals surface area contributed by atoms with Gasteiger partial charge in [-0.25, -0.2) is 4.98 Å². The Morgan fingerprint density at radius 2 is 2.36 bits per heavy atom. The van der Waals surface area contributed by atoms with Crippen LogP contribution in [0.3, 0.4) is 0 Å². The van der Waals surface area contributed by atoms with Crippen molar-refractivity contribution >= 4 is 11.6 Å². The second kappa shape index (κ2) is 4.72. The van der Waals surface area contributed by atoms with E-state index in [4.69, 9.17) is 5.73 Å². The Balaban J connectivity index is 2.89. The van der Waals surface area contributed by atoms with Gasteiger partial charge < -0.3 is 11.1 Å². The van der Waals surface area contributed by atoms with E-state index in [1.54, 1.807) is 12.3 Å². The van der Waals surface area contributed by atoms with Gasteiger partial charge in [-0.05, 0) is 25.1 Å². The summed E-state index contributed by atoms with van der Waals surface area (Å²) in [5.41, 5.74) is 7.05. The lowest BCUT2D eigenvalue weighted by Gasteiger charge is -2.07. The van der Waals surface area contributed by atoms with E-state index in [1.807, 2.05) is 13.8 Å². The van der Waals surface area contributed by atoms with Crippen molar-refractivity contribution in [2.75, 3.05) is 18.8 Å². The van der Waals surface area contributed by atoms with E-state index in [9.17, 15) is 4.79 Å². The number of nitrogens with one attached hydrogen (secondary N) is 1. The highest BCUT2D eigenvalue weighted by atomic mass is 16.1. The highest BCUT2D eigenvalue weighted by Crippen LogP contribution is 2.13. The maximum Gasteiger partial charge on any atom is 0.180 e. The number of hydrogen-bond donors (Lipinski definition) is 2. The van der Waals surface area contributed by atoms with E-state index in [-0.39, 0.29) is 5.78 Å². The van der Waals surface area contributed by atoms with Gasteiger partial charge in [0, 0.05) is 6.20 Å². The van der Waals surface area contributed by atoms with Crippen LogP contribution < -0.4 is 11.1 Å². The Labute approximate surface area is 83.5 Å². The number of nitrogen functional groups attached to an aromatic ring is 1. The van der Waals surface area contributed by atoms with Crippen molar-refractivity contribution in [1.82, 2.24) is 10.3 Å². The fourth-order valence-corrected chi connectivity index (χ4v) is 1.27. The maximum atomic E-state index is 11.7.